The Labute approximate surface area is 134 Å². The average molecular weight is 306 g/mol. The lowest BCUT2D eigenvalue weighted by atomic mass is 9.97. The molecule has 0 bridgehead atoms. The number of hydrogen-bond donors (Lipinski definition) is 1. The van der Waals surface area contributed by atoms with Gasteiger partial charge in [0.15, 0.2) is 0 Å². The van der Waals surface area contributed by atoms with Gasteiger partial charge in [-0.15, -0.1) is 18.8 Å². The Morgan fingerprint density at radius 1 is 1.29 bits per heavy atom. The molecule has 1 N–H and O–H groups in total. The van der Waals surface area contributed by atoms with Gasteiger partial charge in [0.25, 0.3) is 0 Å². The lowest BCUT2D eigenvalue weighted by Crippen LogP contribution is -2.15. The smallest absolute Gasteiger partial charge is 0.148 e. The highest BCUT2D eigenvalue weighted by Crippen LogP contribution is 2.19. The first kappa shape index (κ1) is 17.6. The van der Waals surface area contributed by atoms with E-state index in [2.05, 4.69) is 23.4 Å². The Bertz CT molecular complexity index is 490. The molecule has 0 unspecified atom stereocenters. The third-order valence-corrected chi connectivity index (χ3v) is 3.56. The number of nitrogens with one attached hydrogen (secondary N) is 1. The van der Waals surface area contributed by atoms with Crippen molar-refractivity contribution in [1.82, 2.24) is 5.32 Å². The van der Waals surface area contributed by atoms with Gasteiger partial charge in [-0.05, 0) is 56.3 Å². The fraction of sp³-hybridized carbons (Fsp3) is 0.444. The van der Waals surface area contributed by atoms with Crippen molar-refractivity contribution in [3.63, 3.8) is 0 Å². The normalized spacial score (nSPS) is 13.8. The summed E-state index contributed by atoms with van der Waals surface area (Å²) in [5.74, 6) is 3.32. The van der Waals surface area contributed by atoms with Crippen molar-refractivity contribution >= 4 is 12.4 Å². The number of terminal acetylenes is 1. The van der Waals surface area contributed by atoms with Gasteiger partial charge in [0.2, 0.25) is 0 Å². The highest BCUT2D eigenvalue weighted by molar-refractivity contribution is 5.85. The number of halogens is 1. The molecule has 0 aromatic heterocycles. The topological polar surface area (TPSA) is 21.3 Å². The minimum atomic E-state index is 0. The van der Waals surface area contributed by atoms with Crippen molar-refractivity contribution in [1.29, 1.82) is 0 Å². The van der Waals surface area contributed by atoms with Crippen LogP contribution in [0, 0.1) is 12.3 Å². The van der Waals surface area contributed by atoms with Crippen LogP contribution in [0.25, 0.3) is 0 Å². The molecule has 0 atom stereocenters. The minimum Gasteiger partial charge on any atom is -0.481 e. The van der Waals surface area contributed by atoms with Gasteiger partial charge in [-0.25, -0.2) is 0 Å². The Hall–Kier alpha value is -1.43. The van der Waals surface area contributed by atoms with Gasteiger partial charge in [0.05, 0.1) is 0 Å². The van der Waals surface area contributed by atoms with Gasteiger partial charge in [0.1, 0.15) is 12.4 Å². The van der Waals surface area contributed by atoms with Gasteiger partial charge >= 0.3 is 0 Å². The summed E-state index contributed by atoms with van der Waals surface area (Å²) in [4.78, 5) is 0. The summed E-state index contributed by atoms with van der Waals surface area (Å²) in [5.41, 5.74) is 2.85. The number of ether oxygens (including phenoxy) is 1. The molecule has 1 aromatic carbocycles. The molecule has 0 fully saturated rings. The standard InChI is InChI=1S/C18H23NO.ClH/c1-2-13-20-18-10-6-9-17(14-18)15-19-12-11-16-7-4-3-5-8-16;/h1,6-7,9-10,14,19H,3-5,8,11-13,15H2;1H. The van der Waals surface area contributed by atoms with Gasteiger partial charge in [-0.1, -0.05) is 29.7 Å². The second kappa shape index (κ2) is 10.3. The summed E-state index contributed by atoms with van der Waals surface area (Å²) < 4.78 is 5.42. The zero-order chi connectivity index (χ0) is 14.0. The van der Waals surface area contributed by atoms with Crippen LogP contribution in [0.2, 0.25) is 0 Å². The predicted molar refractivity (Wildman–Crippen MR) is 90.9 cm³/mol. The highest BCUT2D eigenvalue weighted by Gasteiger charge is 2.03. The van der Waals surface area contributed by atoms with E-state index in [0.29, 0.717) is 6.61 Å². The maximum atomic E-state index is 5.42. The van der Waals surface area contributed by atoms with E-state index < -0.39 is 0 Å². The minimum absolute atomic E-state index is 0. The number of allylic oxidation sites excluding steroid dienone is 1. The third-order valence-electron chi connectivity index (χ3n) is 3.56. The molecule has 2 rings (SSSR count). The molecule has 21 heavy (non-hydrogen) atoms. The quantitative estimate of drug-likeness (QED) is 0.465. The van der Waals surface area contributed by atoms with Crippen LogP contribution in [0.4, 0.5) is 0 Å². The second-order valence-corrected chi connectivity index (χ2v) is 5.18. The SMILES string of the molecule is C#CCOc1cccc(CNCCC2=CCCCC2)c1.Cl. The lowest BCUT2D eigenvalue weighted by Gasteiger charge is -2.13. The van der Waals surface area contributed by atoms with E-state index in [4.69, 9.17) is 11.2 Å². The molecular formula is C18H24ClNO. The molecule has 1 aromatic rings. The monoisotopic (exact) mass is 305 g/mol. The summed E-state index contributed by atoms with van der Waals surface area (Å²) in [7, 11) is 0. The highest BCUT2D eigenvalue weighted by atomic mass is 35.5. The number of hydrogen-bond acceptors (Lipinski definition) is 2. The van der Waals surface area contributed by atoms with Crippen molar-refractivity contribution in [2.75, 3.05) is 13.2 Å². The number of benzene rings is 1. The van der Waals surface area contributed by atoms with Crippen LogP contribution in [0.3, 0.4) is 0 Å². The molecule has 0 saturated carbocycles. The molecule has 0 saturated heterocycles. The van der Waals surface area contributed by atoms with Gasteiger partial charge in [-0.3, -0.25) is 0 Å². The largest absolute Gasteiger partial charge is 0.481 e. The summed E-state index contributed by atoms with van der Waals surface area (Å²) in [6.07, 6.45) is 14.1. The van der Waals surface area contributed by atoms with E-state index in [-0.39, 0.29) is 12.4 Å². The molecule has 0 aliphatic heterocycles. The van der Waals surface area contributed by atoms with Crippen molar-refractivity contribution < 1.29 is 4.74 Å². The second-order valence-electron chi connectivity index (χ2n) is 5.18. The van der Waals surface area contributed by atoms with E-state index in [0.717, 1.165) is 18.8 Å². The predicted octanol–water partition coefficient (Wildman–Crippen LogP) is 4.10. The Morgan fingerprint density at radius 3 is 2.95 bits per heavy atom. The molecule has 0 spiro atoms. The van der Waals surface area contributed by atoms with Crippen molar-refractivity contribution in [3.8, 4) is 18.1 Å². The summed E-state index contributed by atoms with van der Waals surface area (Å²) in [6.45, 7) is 2.24. The molecule has 0 heterocycles. The Kier molecular flexibility index (Phi) is 8.66. The van der Waals surface area contributed by atoms with Gasteiger partial charge < -0.3 is 10.1 Å². The van der Waals surface area contributed by atoms with Gasteiger partial charge in [0, 0.05) is 6.54 Å². The van der Waals surface area contributed by atoms with Crippen LogP contribution in [-0.2, 0) is 6.54 Å². The summed E-state index contributed by atoms with van der Waals surface area (Å²) in [6, 6.07) is 8.10. The molecule has 0 radical (unpaired) electrons. The van der Waals surface area contributed by atoms with Crippen LogP contribution in [0.1, 0.15) is 37.7 Å². The summed E-state index contributed by atoms with van der Waals surface area (Å²) in [5, 5.41) is 3.50. The van der Waals surface area contributed by atoms with E-state index in [1.165, 1.54) is 37.7 Å². The maximum Gasteiger partial charge on any atom is 0.148 e. The van der Waals surface area contributed by atoms with Crippen molar-refractivity contribution in [3.05, 3.63) is 41.5 Å². The van der Waals surface area contributed by atoms with E-state index in [1.54, 1.807) is 5.57 Å². The van der Waals surface area contributed by atoms with Crippen molar-refractivity contribution in [2.24, 2.45) is 0 Å². The molecule has 1 aliphatic carbocycles. The molecule has 0 amide bonds. The van der Waals surface area contributed by atoms with Crippen LogP contribution in [-0.4, -0.2) is 13.2 Å². The van der Waals surface area contributed by atoms with E-state index in [1.807, 2.05) is 18.2 Å². The molecular weight excluding hydrogens is 282 g/mol. The average Bonchev–Trinajstić information content (AvgIpc) is 2.51. The van der Waals surface area contributed by atoms with E-state index in [9.17, 15) is 0 Å². The van der Waals surface area contributed by atoms with Crippen LogP contribution in [0.15, 0.2) is 35.9 Å². The molecule has 3 heteroatoms. The third kappa shape index (κ3) is 6.71. The van der Waals surface area contributed by atoms with Crippen LogP contribution >= 0.6 is 12.4 Å². The van der Waals surface area contributed by atoms with Crippen LogP contribution in [0.5, 0.6) is 5.75 Å². The van der Waals surface area contributed by atoms with Gasteiger partial charge in [-0.2, -0.15) is 0 Å². The Morgan fingerprint density at radius 2 is 2.19 bits per heavy atom. The molecule has 1 aliphatic rings. The Balaban J connectivity index is 0.00000220. The first-order valence-electron chi connectivity index (χ1n) is 7.42. The zero-order valence-corrected chi connectivity index (χ0v) is 13.3. The van der Waals surface area contributed by atoms with E-state index >= 15 is 0 Å². The lowest BCUT2D eigenvalue weighted by molar-refractivity contribution is 0.370. The first-order valence-corrected chi connectivity index (χ1v) is 7.42. The summed E-state index contributed by atoms with van der Waals surface area (Å²) >= 11 is 0. The maximum absolute atomic E-state index is 5.42. The fourth-order valence-corrected chi connectivity index (χ4v) is 2.48. The molecule has 114 valence electrons. The molecule has 2 nitrogen and oxygen atoms in total. The van der Waals surface area contributed by atoms with Crippen LogP contribution < -0.4 is 10.1 Å². The first-order chi connectivity index (χ1) is 9.88. The zero-order valence-electron chi connectivity index (χ0n) is 12.4. The number of rotatable bonds is 7. The fourth-order valence-electron chi connectivity index (χ4n) is 2.48. The van der Waals surface area contributed by atoms with Crippen molar-refractivity contribution in [2.45, 2.75) is 38.6 Å².